The van der Waals surface area contributed by atoms with Gasteiger partial charge in [0.15, 0.2) is 5.82 Å². The SMILES string of the molecule is CC(C)c1nnc(-c2ccc(Oc3cc(-c4nc([C@H]5CC(=O)N(C6CC6)C5)no4)ccc3CN3CCC(O)C3=O)cc2)s1. The molecule has 2 atom stereocenters. The quantitative estimate of drug-likeness (QED) is 0.289. The van der Waals surface area contributed by atoms with Gasteiger partial charge in [-0.3, -0.25) is 9.59 Å². The molecule has 4 aromatic rings. The van der Waals surface area contributed by atoms with Gasteiger partial charge in [-0.15, -0.1) is 10.2 Å². The van der Waals surface area contributed by atoms with Crippen molar-refractivity contribution in [3.8, 4) is 33.5 Å². The fourth-order valence-corrected chi connectivity index (χ4v) is 6.39. The summed E-state index contributed by atoms with van der Waals surface area (Å²) >= 11 is 1.57. The first-order valence-electron chi connectivity index (χ1n) is 14.7. The third-order valence-electron chi connectivity index (χ3n) is 8.16. The summed E-state index contributed by atoms with van der Waals surface area (Å²) in [5.41, 5.74) is 2.40. The molecule has 3 fully saturated rings. The lowest BCUT2D eigenvalue weighted by atomic mass is 10.1. The molecule has 2 aromatic heterocycles. The van der Waals surface area contributed by atoms with Crippen molar-refractivity contribution in [3.05, 3.63) is 58.9 Å². The fraction of sp³-hybridized carbons (Fsp3) is 0.419. The molecule has 0 radical (unpaired) electrons. The molecule has 7 rings (SSSR count). The van der Waals surface area contributed by atoms with Crippen molar-refractivity contribution >= 4 is 23.2 Å². The van der Waals surface area contributed by atoms with E-state index in [-0.39, 0.29) is 17.7 Å². The average Bonchev–Trinajstić information content (AvgIpc) is 3.34. The topological polar surface area (TPSA) is 135 Å². The first-order valence-corrected chi connectivity index (χ1v) is 15.5. The average molecular weight is 601 g/mol. The highest BCUT2D eigenvalue weighted by Gasteiger charge is 2.41. The van der Waals surface area contributed by atoms with E-state index in [0.717, 1.165) is 34.0 Å². The number of benzene rings is 2. The van der Waals surface area contributed by atoms with Crippen LogP contribution in [0.4, 0.5) is 0 Å². The van der Waals surface area contributed by atoms with Crippen LogP contribution in [0.5, 0.6) is 11.5 Å². The molecule has 2 amide bonds. The molecule has 11 nitrogen and oxygen atoms in total. The van der Waals surface area contributed by atoms with Gasteiger partial charge in [-0.2, -0.15) is 4.98 Å². The monoisotopic (exact) mass is 600 g/mol. The number of amides is 2. The number of aliphatic hydroxyl groups is 1. The van der Waals surface area contributed by atoms with Crippen LogP contribution >= 0.6 is 11.3 Å². The molecule has 1 aliphatic carbocycles. The maximum Gasteiger partial charge on any atom is 0.258 e. The molecule has 1 N–H and O–H groups in total. The molecule has 2 saturated heterocycles. The van der Waals surface area contributed by atoms with E-state index in [4.69, 9.17) is 9.26 Å². The smallest absolute Gasteiger partial charge is 0.258 e. The number of carbonyl (C=O) groups excluding carboxylic acids is 2. The van der Waals surface area contributed by atoms with Crippen LogP contribution in [0.2, 0.25) is 0 Å². The van der Waals surface area contributed by atoms with Crippen LogP contribution in [-0.2, 0) is 16.1 Å². The van der Waals surface area contributed by atoms with Crippen molar-refractivity contribution in [3.63, 3.8) is 0 Å². The van der Waals surface area contributed by atoms with Gasteiger partial charge in [0.05, 0.1) is 0 Å². The third kappa shape index (κ3) is 5.64. The van der Waals surface area contributed by atoms with Crippen LogP contribution in [0.15, 0.2) is 47.0 Å². The summed E-state index contributed by atoms with van der Waals surface area (Å²) in [7, 11) is 0. The first kappa shape index (κ1) is 27.7. The number of carbonyl (C=O) groups is 2. The highest BCUT2D eigenvalue weighted by molar-refractivity contribution is 7.14. The Labute approximate surface area is 252 Å². The summed E-state index contributed by atoms with van der Waals surface area (Å²) in [6.45, 7) is 5.58. The zero-order chi connectivity index (χ0) is 29.7. The van der Waals surface area contributed by atoms with E-state index in [2.05, 4.69) is 34.2 Å². The lowest BCUT2D eigenvalue weighted by Gasteiger charge is -2.19. The van der Waals surface area contributed by atoms with Crippen LogP contribution in [0.3, 0.4) is 0 Å². The summed E-state index contributed by atoms with van der Waals surface area (Å²) in [6, 6.07) is 13.6. The number of ether oxygens (including phenoxy) is 1. The van der Waals surface area contributed by atoms with Crippen LogP contribution in [0.1, 0.15) is 67.8 Å². The molecule has 1 unspecified atom stereocenters. The fourth-order valence-electron chi connectivity index (χ4n) is 5.54. The van der Waals surface area contributed by atoms with Gasteiger partial charge in [0, 0.05) is 60.6 Å². The van der Waals surface area contributed by atoms with Crippen LogP contribution in [0.25, 0.3) is 22.0 Å². The van der Waals surface area contributed by atoms with Crippen molar-refractivity contribution in [1.29, 1.82) is 0 Å². The predicted octanol–water partition coefficient (Wildman–Crippen LogP) is 4.74. The van der Waals surface area contributed by atoms with Gasteiger partial charge >= 0.3 is 0 Å². The second-order valence-corrected chi connectivity index (χ2v) is 12.8. The van der Waals surface area contributed by atoms with E-state index in [0.29, 0.717) is 73.2 Å². The van der Waals surface area contributed by atoms with Gasteiger partial charge in [-0.25, -0.2) is 0 Å². The van der Waals surface area contributed by atoms with E-state index >= 15 is 0 Å². The van der Waals surface area contributed by atoms with Crippen LogP contribution < -0.4 is 4.74 Å². The van der Waals surface area contributed by atoms with Crippen LogP contribution in [-0.4, -0.2) is 72.3 Å². The minimum atomic E-state index is -0.970. The van der Waals surface area contributed by atoms with Gasteiger partial charge in [0.25, 0.3) is 11.8 Å². The molecule has 43 heavy (non-hydrogen) atoms. The number of likely N-dealkylation sites (tertiary alicyclic amines) is 2. The predicted molar refractivity (Wildman–Crippen MR) is 157 cm³/mol. The summed E-state index contributed by atoms with van der Waals surface area (Å²) in [4.78, 5) is 33.2. The van der Waals surface area contributed by atoms with Crippen molar-refractivity contribution in [1.82, 2.24) is 30.1 Å². The van der Waals surface area contributed by atoms with Gasteiger partial charge in [0.1, 0.15) is 27.6 Å². The summed E-state index contributed by atoms with van der Waals surface area (Å²) < 4.78 is 12.0. The van der Waals surface area contributed by atoms with E-state index < -0.39 is 6.10 Å². The zero-order valence-corrected chi connectivity index (χ0v) is 24.8. The number of aliphatic hydroxyl groups excluding tert-OH is 1. The minimum Gasteiger partial charge on any atom is -0.457 e. The Kier molecular flexibility index (Phi) is 7.18. The summed E-state index contributed by atoms with van der Waals surface area (Å²) in [5, 5.41) is 24.6. The normalized spacial score (nSPS) is 20.6. The number of rotatable bonds is 9. The Balaban J connectivity index is 1.14. The van der Waals surface area contributed by atoms with Crippen LogP contribution in [0, 0.1) is 0 Å². The second-order valence-electron chi connectivity index (χ2n) is 11.7. The van der Waals surface area contributed by atoms with Crippen molar-refractivity contribution < 1.29 is 24.0 Å². The molecule has 12 heteroatoms. The number of hydrogen-bond donors (Lipinski definition) is 1. The third-order valence-corrected chi connectivity index (χ3v) is 9.43. The Hall–Kier alpha value is -4.16. The maximum absolute atomic E-state index is 12.5. The summed E-state index contributed by atoms with van der Waals surface area (Å²) in [5.74, 6) is 2.11. The molecule has 222 valence electrons. The number of aromatic nitrogens is 4. The molecule has 2 aliphatic heterocycles. The van der Waals surface area contributed by atoms with E-state index in [1.165, 1.54) is 0 Å². The standard InChI is InChI=1S/C31H32N6O5S/c1-17(2)29-33-34-30(43-29)18-5-9-23(10-6-18)41-25-13-19(3-4-20(25)15-36-12-11-24(38)31(36)40)28-32-27(35-42-28)21-14-26(39)37(16-21)22-7-8-22/h3-6,9-10,13,17,21-22,24,38H,7-8,11-12,14-16H2,1-2H3/t21-,24?/m0/s1. The number of nitrogens with zero attached hydrogens (tertiary/aromatic N) is 6. The van der Waals surface area contributed by atoms with Gasteiger partial charge in [-0.1, -0.05) is 36.4 Å². The van der Waals surface area contributed by atoms with Crippen molar-refractivity contribution in [2.75, 3.05) is 13.1 Å². The maximum atomic E-state index is 12.5. The van der Waals surface area contributed by atoms with E-state index in [9.17, 15) is 14.7 Å². The highest BCUT2D eigenvalue weighted by Crippen LogP contribution is 2.37. The highest BCUT2D eigenvalue weighted by atomic mass is 32.1. The van der Waals surface area contributed by atoms with E-state index in [1.807, 2.05) is 47.4 Å². The molecule has 1 saturated carbocycles. The van der Waals surface area contributed by atoms with Gasteiger partial charge < -0.3 is 24.2 Å². The Morgan fingerprint density at radius 1 is 1.07 bits per heavy atom. The largest absolute Gasteiger partial charge is 0.457 e. The molecule has 4 heterocycles. The molecule has 2 aromatic carbocycles. The Bertz CT molecular complexity index is 1660. The van der Waals surface area contributed by atoms with E-state index in [1.54, 1.807) is 16.2 Å². The lowest BCUT2D eigenvalue weighted by molar-refractivity contribution is -0.135. The minimum absolute atomic E-state index is 0.0867. The molecule has 0 spiro atoms. The molecular weight excluding hydrogens is 568 g/mol. The summed E-state index contributed by atoms with van der Waals surface area (Å²) in [6.07, 6.45) is 1.96. The lowest BCUT2D eigenvalue weighted by Crippen LogP contribution is -2.29. The second kappa shape index (κ2) is 11.2. The van der Waals surface area contributed by atoms with Gasteiger partial charge in [0.2, 0.25) is 5.91 Å². The Morgan fingerprint density at radius 3 is 2.56 bits per heavy atom. The van der Waals surface area contributed by atoms with Crippen molar-refractivity contribution in [2.24, 2.45) is 0 Å². The Morgan fingerprint density at radius 2 is 1.86 bits per heavy atom. The first-order chi connectivity index (χ1) is 20.8. The number of hydrogen-bond acceptors (Lipinski definition) is 10. The molecule has 3 aliphatic rings. The zero-order valence-electron chi connectivity index (χ0n) is 24.0. The molecule has 0 bridgehead atoms. The van der Waals surface area contributed by atoms with Gasteiger partial charge in [-0.05, 0) is 55.7 Å². The molecular formula is C31H32N6O5S. The van der Waals surface area contributed by atoms with Crippen molar-refractivity contribution in [2.45, 2.75) is 70.1 Å².